The number of carbonyl (C=O) groups excluding carboxylic acids is 4. The van der Waals surface area contributed by atoms with E-state index in [0.717, 1.165) is 6.07 Å². The number of para-hydroxylation sites is 1. The Bertz CT molecular complexity index is 1800. The summed E-state index contributed by atoms with van der Waals surface area (Å²) in [6.07, 6.45) is 0.416. The average molecular weight is 721 g/mol. The monoisotopic (exact) mass is 720 g/mol. The molecule has 0 spiro atoms. The molecule has 15 heteroatoms. The van der Waals surface area contributed by atoms with Crippen molar-refractivity contribution in [3.8, 4) is 22.8 Å². The van der Waals surface area contributed by atoms with Crippen LogP contribution in [0.25, 0.3) is 11.1 Å². The van der Waals surface area contributed by atoms with Crippen LogP contribution in [0.1, 0.15) is 47.9 Å². The van der Waals surface area contributed by atoms with Gasteiger partial charge in [-0.05, 0) is 56.7 Å². The van der Waals surface area contributed by atoms with Gasteiger partial charge < -0.3 is 39.1 Å². The van der Waals surface area contributed by atoms with Crippen LogP contribution in [-0.4, -0.2) is 126 Å². The Morgan fingerprint density at radius 3 is 2.15 bits per heavy atom. The minimum atomic E-state index is -0.826. The maximum Gasteiger partial charge on any atom is 0.415 e. The van der Waals surface area contributed by atoms with Gasteiger partial charge in [0.2, 0.25) is 5.88 Å². The molecule has 3 aliphatic rings. The molecule has 0 saturated carbocycles. The number of benzene rings is 2. The second kappa shape index (κ2) is 15.5. The summed E-state index contributed by atoms with van der Waals surface area (Å²) < 4.78 is 45.9. The number of hydrogen-bond donors (Lipinski definition) is 1. The molecule has 0 bridgehead atoms. The van der Waals surface area contributed by atoms with Gasteiger partial charge in [0.1, 0.15) is 17.5 Å². The summed E-state index contributed by atoms with van der Waals surface area (Å²) in [7, 11) is 0. The molecule has 4 amide bonds. The summed E-state index contributed by atoms with van der Waals surface area (Å²) >= 11 is 0. The fourth-order valence-corrected chi connectivity index (χ4v) is 6.22. The first kappa shape index (κ1) is 36.5. The third-order valence-electron chi connectivity index (χ3n) is 8.94. The Morgan fingerprint density at radius 1 is 0.808 bits per heavy atom. The first-order valence-corrected chi connectivity index (χ1v) is 17.3. The maximum atomic E-state index is 14.9. The van der Waals surface area contributed by atoms with Crippen molar-refractivity contribution in [1.82, 2.24) is 29.9 Å². The highest BCUT2D eigenvalue weighted by molar-refractivity contribution is 5.98. The lowest BCUT2D eigenvalue weighted by molar-refractivity contribution is 0.0274. The zero-order valence-electron chi connectivity index (χ0n) is 29.4. The molecular weight excluding hydrogens is 678 g/mol. The molecular formula is C37H42F2N6O7. The minimum absolute atomic E-state index is 0.0801. The van der Waals surface area contributed by atoms with Crippen LogP contribution in [0.4, 0.5) is 18.4 Å². The standard InChI is InChI=1S/C37H42F2N6O7/c1-37(2,3)52-36(49)45-14-11-27(23-45)50-32-29(24-7-9-26(38)10-8-24)21-25(22-41-32)33(46)42-17-19-43(20-18-42)34(47)28-5-4-6-30(39)31(28)51-35(48)44-15-12-40-13-16-44/h4-10,21-22,27,40H,11-20,23H2,1-3H3/t27-/m0/s1. The van der Waals surface area contributed by atoms with Crippen LogP contribution >= 0.6 is 0 Å². The largest absolute Gasteiger partial charge is 0.472 e. The van der Waals surface area contributed by atoms with Crippen LogP contribution in [0.5, 0.6) is 11.6 Å². The smallest absolute Gasteiger partial charge is 0.415 e. The molecule has 1 atom stereocenters. The van der Waals surface area contributed by atoms with E-state index in [1.54, 1.807) is 48.8 Å². The Balaban J connectivity index is 1.13. The van der Waals surface area contributed by atoms with Gasteiger partial charge in [-0.3, -0.25) is 9.59 Å². The van der Waals surface area contributed by atoms with Crippen LogP contribution in [0.2, 0.25) is 0 Å². The predicted molar refractivity (Wildman–Crippen MR) is 185 cm³/mol. The lowest BCUT2D eigenvalue weighted by Crippen LogP contribution is -2.50. The van der Waals surface area contributed by atoms with Gasteiger partial charge in [-0.25, -0.2) is 23.4 Å². The molecule has 3 aromatic rings. The number of amides is 4. The number of nitrogens with one attached hydrogen (secondary N) is 1. The topological polar surface area (TPSA) is 134 Å². The van der Waals surface area contributed by atoms with Gasteiger partial charge in [-0.1, -0.05) is 18.2 Å². The Morgan fingerprint density at radius 2 is 1.48 bits per heavy atom. The molecule has 3 saturated heterocycles. The summed E-state index contributed by atoms with van der Waals surface area (Å²) in [6.45, 7) is 8.78. The van der Waals surface area contributed by atoms with Crippen molar-refractivity contribution >= 4 is 24.0 Å². The fraction of sp³-hybridized carbons (Fsp3) is 0.432. The molecule has 1 N–H and O–H groups in total. The number of ether oxygens (including phenoxy) is 3. The number of hydrogen-bond acceptors (Lipinski definition) is 9. The first-order valence-electron chi connectivity index (χ1n) is 17.3. The highest BCUT2D eigenvalue weighted by Crippen LogP contribution is 2.32. The van der Waals surface area contributed by atoms with Crippen molar-refractivity contribution in [2.45, 2.75) is 38.9 Å². The van der Waals surface area contributed by atoms with E-state index in [1.165, 1.54) is 40.3 Å². The van der Waals surface area contributed by atoms with Gasteiger partial charge in [0, 0.05) is 77.1 Å². The van der Waals surface area contributed by atoms with Crippen molar-refractivity contribution in [3.63, 3.8) is 0 Å². The van der Waals surface area contributed by atoms with E-state index in [-0.39, 0.29) is 55.2 Å². The summed E-state index contributed by atoms with van der Waals surface area (Å²) in [6, 6.07) is 11.3. The molecule has 4 heterocycles. The number of rotatable bonds is 6. The van der Waals surface area contributed by atoms with E-state index in [1.807, 2.05) is 0 Å². The van der Waals surface area contributed by atoms with Crippen molar-refractivity contribution in [3.05, 3.63) is 77.5 Å². The Labute approximate surface area is 300 Å². The summed E-state index contributed by atoms with van der Waals surface area (Å²) in [5, 5.41) is 3.13. The van der Waals surface area contributed by atoms with E-state index in [9.17, 15) is 28.0 Å². The number of aromatic nitrogens is 1. The highest BCUT2D eigenvalue weighted by Gasteiger charge is 2.33. The van der Waals surface area contributed by atoms with E-state index in [4.69, 9.17) is 14.2 Å². The predicted octanol–water partition coefficient (Wildman–Crippen LogP) is 4.42. The van der Waals surface area contributed by atoms with Crippen molar-refractivity contribution in [1.29, 1.82) is 0 Å². The van der Waals surface area contributed by atoms with Crippen LogP contribution in [0, 0.1) is 11.6 Å². The lowest BCUT2D eigenvalue weighted by Gasteiger charge is -2.35. The summed E-state index contributed by atoms with van der Waals surface area (Å²) in [5.41, 5.74) is 0.609. The average Bonchev–Trinajstić information content (AvgIpc) is 3.61. The van der Waals surface area contributed by atoms with Crippen LogP contribution < -0.4 is 14.8 Å². The van der Waals surface area contributed by atoms with Crippen LogP contribution in [-0.2, 0) is 4.74 Å². The van der Waals surface area contributed by atoms with Crippen LogP contribution in [0.3, 0.4) is 0 Å². The quantitative estimate of drug-likeness (QED) is 0.393. The second-order valence-electron chi connectivity index (χ2n) is 13.8. The lowest BCUT2D eigenvalue weighted by atomic mass is 10.0. The van der Waals surface area contributed by atoms with Crippen molar-refractivity contribution in [2.24, 2.45) is 0 Å². The third-order valence-corrected chi connectivity index (χ3v) is 8.94. The van der Waals surface area contributed by atoms with Gasteiger partial charge in [0.25, 0.3) is 11.8 Å². The maximum absolute atomic E-state index is 14.9. The zero-order chi connectivity index (χ0) is 37.0. The number of pyridine rings is 1. The Kier molecular flexibility index (Phi) is 10.9. The van der Waals surface area contributed by atoms with Crippen molar-refractivity contribution < 1.29 is 42.2 Å². The third kappa shape index (κ3) is 8.58. The van der Waals surface area contributed by atoms with Gasteiger partial charge in [-0.2, -0.15) is 0 Å². The van der Waals surface area contributed by atoms with E-state index < -0.39 is 41.1 Å². The Hall–Kier alpha value is -5.31. The summed E-state index contributed by atoms with van der Waals surface area (Å²) in [5.74, 6) is -2.29. The number of piperazine rings is 2. The molecule has 3 fully saturated rings. The van der Waals surface area contributed by atoms with Gasteiger partial charge in [0.15, 0.2) is 11.6 Å². The summed E-state index contributed by atoms with van der Waals surface area (Å²) in [4.78, 5) is 63.2. The highest BCUT2D eigenvalue weighted by atomic mass is 19.1. The van der Waals surface area contributed by atoms with E-state index in [0.29, 0.717) is 56.8 Å². The second-order valence-corrected chi connectivity index (χ2v) is 13.8. The zero-order valence-corrected chi connectivity index (χ0v) is 29.4. The van der Waals surface area contributed by atoms with E-state index >= 15 is 0 Å². The molecule has 2 aromatic carbocycles. The number of carbonyl (C=O) groups is 4. The minimum Gasteiger partial charge on any atom is -0.472 e. The molecule has 0 aliphatic carbocycles. The molecule has 0 radical (unpaired) electrons. The molecule has 276 valence electrons. The van der Waals surface area contributed by atoms with Crippen molar-refractivity contribution in [2.75, 3.05) is 65.4 Å². The van der Waals surface area contributed by atoms with Gasteiger partial charge in [-0.15, -0.1) is 0 Å². The number of nitrogens with zero attached hydrogens (tertiary/aromatic N) is 5. The molecule has 3 aliphatic heterocycles. The molecule has 13 nitrogen and oxygen atoms in total. The van der Waals surface area contributed by atoms with Gasteiger partial charge >= 0.3 is 12.2 Å². The van der Waals surface area contributed by atoms with E-state index in [2.05, 4.69) is 10.3 Å². The fourth-order valence-electron chi connectivity index (χ4n) is 6.22. The SMILES string of the molecule is CC(C)(C)OC(=O)N1CC[C@H](Oc2ncc(C(=O)N3CCN(C(=O)c4cccc(F)c4OC(=O)N4CCNCC4)CC3)cc2-c2ccc(F)cc2)C1. The van der Waals surface area contributed by atoms with Gasteiger partial charge in [0.05, 0.1) is 17.7 Å². The molecule has 0 unspecified atom stereocenters. The number of likely N-dealkylation sites (tertiary alicyclic amines) is 1. The molecule has 52 heavy (non-hydrogen) atoms. The molecule has 1 aromatic heterocycles. The normalized spacial score (nSPS) is 17.9. The molecule has 6 rings (SSSR count). The first-order chi connectivity index (χ1) is 24.9. The van der Waals surface area contributed by atoms with Crippen LogP contribution in [0.15, 0.2) is 54.7 Å². The number of halogens is 2.